The molecule has 2 atom stereocenters. The summed E-state index contributed by atoms with van der Waals surface area (Å²) >= 11 is 1.58. The van der Waals surface area contributed by atoms with Crippen LogP contribution in [0.5, 0.6) is 5.75 Å². The molecule has 2 aromatic heterocycles. The van der Waals surface area contributed by atoms with Crippen molar-refractivity contribution in [2.24, 2.45) is 0 Å². The van der Waals surface area contributed by atoms with E-state index < -0.39 is 6.36 Å². The highest BCUT2D eigenvalue weighted by atomic mass is 32.1. The number of piperidine rings is 1. The Labute approximate surface area is 249 Å². The molecule has 4 heterocycles. The van der Waals surface area contributed by atoms with Crippen LogP contribution >= 0.6 is 11.3 Å². The largest absolute Gasteiger partial charge is 0.573 e. The van der Waals surface area contributed by atoms with E-state index >= 15 is 0 Å². The number of anilines is 1. The Kier molecular flexibility index (Phi) is 7.29. The number of aromatic nitrogens is 2. The molecule has 226 valence electrons. The highest BCUT2D eigenvalue weighted by molar-refractivity contribution is 7.22. The highest BCUT2D eigenvalue weighted by Gasteiger charge is 2.43. The number of benzene rings is 2. The van der Waals surface area contributed by atoms with Crippen molar-refractivity contribution in [2.45, 2.75) is 82.5 Å². The summed E-state index contributed by atoms with van der Waals surface area (Å²) in [6.07, 6.45) is 0.750. The molecule has 0 spiro atoms. The third kappa shape index (κ3) is 5.70. The lowest BCUT2D eigenvalue weighted by atomic mass is 10.00. The number of hydrogen-bond donors (Lipinski definition) is 0. The van der Waals surface area contributed by atoms with Crippen molar-refractivity contribution in [3.05, 3.63) is 59.4 Å². The zero-order valence-corrected chi connectivity index (χ0v) is 24.2. The molecule has 3 aliphatic rings. The van der Waals surface area contributed by atoms with E-state index in [2.05, 4.69) is 14.8 Å². The average molecular weight is 614 g/mol. The summed E-state index contributed by atoms with van der Waals surface area (Å²) in [5.74, 6) is 0.240. The fraction of sp³-hybridized carbons (Fsp3) is 0.452. The fourth-order valence-electron chi connectivity index (χ4n) is 6.36. The van der Waals surface area contributed by atoms with Crippen LogP contribution in [0, 0.1) is 0 Å². The first kappa shape index (κ1) is 28.1. The molecule has 4 aromatic rings. The van der Waals surface area contributed by atoms with Crippen molar-refractivity contribution in [1.82, 2.24) is 10.1 Å². The minimum atomic E-state index is -4.82. The summed E-state index contributed by atoms with van der Waals surface area (Å²) in [7, 11) is 0. The summed E-state index contributed by atoms with van der Waals surface area (Å²) in [6.45, 7) is 2.31. The monoisotopic (exact) mass is 613 g/mol. The zero-order valence-electron chi connectivity index (χ0n) is 23.4. The second-order valence-electron chi connectivity index (χ2n) is 11.3. The molecule has 2 aromatic carbocycles. The molecule has 2 saturated heterocycles. The molecule has 7 rings (SSSR count). The summed E-state index contributed by atoms with van der Waals surface area (Å²) < 4.78 is 61.9. The van der Waals surface area contributed by atoms with Gasteiger partial charge >= 0.3 is 12.3 Å². The Morgan fingerprint density at radius 1 is 1.09 bits per heavy atom. The Morgan fingerprint density at radius 2 is 1.86 bits per heavy atom. The quantitative estimate of drug-likeness (QED) is 0.178. The van der Waals surface area contributed by atoms with Gasteiger partial charge in [-0.2, -0.15) is 0 Å². The van der Waals surface area contributed by atoms with Gasteiger partial charge in [0.2, 0.25) is 0 Å². The highest BCUT2D eigenvalue weighted by Crippen LogP contribution is 2.47. The van der Waals surface area contributed by atoms with E-state index in [0.717, 1.165) is 53.9 Å². The maximum absolute atomic E-state index is 13.1. The first-order chi connectivity index (χ1) is 20.8. The number of thiazole rings is 1. The van der Waals surface area contributed by atoms with Gasteiger partial charge in [-0.15, -0.1) is 13.2 Å². The first-order valence-corrected chi connectivity index (χ1v) is 15.4. The average Bonchev–Trinajstić information content (AvgIpc) is 3.49. The molecule has 2 aliphatic heterocycles. The summed E-state index contributed by atoms with van der Waals surface area (Å²) in [5, 5.41) is 5.14. The third-order valence-corrected chi connectivity index (χ3v) is 9.43. The van der Waals surface area contributed by atoms with Crippen molar-refractivity contribution < 1.29 is 36.7 Å². The normalized spacial score (nSPS) is 21.9. The summed E-state index contributed by atoms with van der Waals surface area (Å²) in [4.78, 5) is 19.5. The van der Waals surface area contributed by atoms with Gasteiger partial charge < -0.3 is 23.6 Å². The number of alkyl halides is 3. The SMILES string of the molecule is CCOC(=O)c1ccc2nc(N3C4CCC3CC(OCc3c(-c5ccccc5OC(F)(F)F)noc3C3CC3)C4)sc2c1. The molecule has 2 bridgehead atoms. The van der Waals surface area contributed by atoms with E-state index in [0.29, 0.717) is 29.2 Å². The predicted molar refractivity (Wildman–Crippen MR) is 153 cm³/mol. The molecule has 2 unspecified atom stereocenters. The lowest BCUT2D eigenvalue weighted by molar-refractivity contribution is -0.274. The number of nitrogens with zero attached hydrogens (tertiary/aromatic N) is 3. The first-order valence-electron chi connectivity index (χ1n) is 14.6. The van der Waals surface area contributed by atoms with Crippen LogP contribution in [0.25, 0.3) is 21.5 Å². The molecular formula is C31H30F3N3O5S. The molecule has 3 fully saturated rings. The van der Waals surface area contributed by atoms with Crippen molar-refractivity contribution >= 4 is 32.7 Å². The minimum Gasteiger partial charge on any atom is -0.462 e. The maximum atomic E-state index is 13.1. The Balaban J connectivity index is 1.08. The van der Waals surface area contributed by atoms with Crippen LogP contribution in [-0.2, 0) is 16.1 Å². The molecular weight excluding hydrogens is 583 g/mol. The molecule has 0 N–H and O–H groups in total. The maximum Gasteiger partial charge on any atom is 0.573 e. The number of carbonyl (C=O) groups excluding carboxylic acids is 1. The van der Waals surface area contributed by atoms with Gasteiger partial charge in [-0.25, -0.2) is 9.78 Å². The van der Waals surface area contributed by atoms with Crippen LogP contribution in [0.1, 0.15) is 73.0 Å². The topological polar surface area (TPSA) is 86.9 Å². The lowest BCUT2D eigenvalue weighted by Crippen LogP contribution is -2.45. The Bertz CT molecular complexity index is 1640. The van der Waals surface area contributed by atoms with Crippen LogP contribution in [0.3, 0.4) is 0 Å². The lowest BCUT2D eigenvalue weighted by Gasteiger charge is -2.38. The molecule has 1 saturated carbocycles. The van der Waals surface area contributed by atoms with E-state index in [1.807, 2.05) is 12.1 Å². The van der Waals surface area contributed by atoms with E-state index in [1.165, 1.54) is 12.1 Å². The molecule has 0 radical (unpaired) electrons. The molecule has 43 heavy (non-hydrogen) atoms. The molecule has 1 aliphatic carbocycles. The number of carbonyl (C=O) groups is 1. The van der Waals surface area contributed by atoms with E-state index in [9.17, 15) is 18.0 Å². The Hall–Kier alpha value is -3.64. The van der Waals surface area contributed by atoms with Crippen molar-refractivity contribution in [1.29, 1.82) is 0 Å². The fourth-order valence-corrected chi connectivity index (χ4v) is 7.50. The third-order valence-electron chi connectivity index (χ3n) is 8.40. The molecule has 0 amide bonds. The van der Waals surface area contributed by atoms with Gasteiger partial charge in [0.15, 0.2) is 5.13 Å². The van der Waals surface area contributed by atoms with Gasteiger partial charge in [0.1, 0.15) is 17.2 Å². The van der Waals surface area contributed by atoms with E-state index in [-0.39, 0.29) is 48.0 Å². The van der Waals surface area contributed by atoms with Crippen LogP contribution in [0.4, 0.5) is 18.3 Å². The van der Waals surface area contributed by atoms with Crippen molar-refractivity contribution in [2.75, 3.05) is 11.5 Å². The van der Waals surface area contributed by atoms with Crippen molar-refractivity contribution in [3.63, 3.8) is 0 Å². The second kappa shape index (κ2) is 11.1. The molecule has 8 nitrogen and oxygen atoms in total. The van der Waals surface area contributed by atoms with Gasteiger partial charge in [-0.1, -0.05) is 28.6 Å². The number of rotatable bonds is 9. The van der Waals surface area contributed by atoms with Crippen LogP contribution in [0.15, 0.2) is 47.0 Å². The minimum absolute atomic E-state index is 0.0185. The number of hydrogen-bond acceptors (Lipinski definition) is 9. The van der Waals surface area contributed by atoms with Gasteiger partial charge in [0, 0.05) is 29.1 Å². The van der Waals surface area contributed by atoms with E-state index in [4.69, 9.17) is 19.0 Å². The predicted octanol–water partition coefficient (Wildman–Crippen LogP) is 7.62. The number of ether oxygens (including phenoxy) is 3. The van der Waals surface area contributed by atoms with Crippen LogP contribution in [0.2, 0.25) is 0 Å². The second-order valence-corrected chi connectivity index (χ2v) is 12.3. The van der Waals surface area contributed by atoms with Crippen LogP contribution in [-0.4, -0.2) is 47.3 Å². The number of esters is 1. The summed E-state index contributed by atoms with van der Waals surface area (Å²) in [6, 6.07) is 12.0. The van der Waals surface area contributed by atoms with Crippen LogP contribution < -0.4 is 9.64 Å². The van der Waals surface area contributed by atoms with Gasteiger partial charge in [-0.05, 0) is 75.8 Å². The Morgan fingerprint density at radius 3 is 2.58 bits per heavy atom. The summed E-state index contributed by atoms with van der Waals surface area (Å²) in [5.41, 5.74) is 2.63. The zero-order chi connectivity index (χ0) is 29.7. The number of para-hydroxylation sites is 1. The molecule has 12 heteroatoms. The van der Waals surface area contributed by atoms with E-state index in [1.54, 1.807) is 36.5 Å². The van der Waals surface area contributed by atoms with Crippen molar-refractivity contribution in [3.8, 4) is 17.0 Å². The standard InChI is InChI=1S/C31H30F3N3O5S/c1-2-39-29(38)18-9-12-24-26(13-18)43-30(35-24)37-19-10-11-20(37)15-21(14-19)40-16-23-27(36-42-28(23)17-7-8-17)22-5-3-4-6-25(22)41-31(32,33)34/h3-6,9,12-13,17,19-21H,2,7-8,10-11,14-16H2,1H3. The number of fused-ring (bicyclic) bond motifs is 3. The van der Waals surface area contributed by atoms with Gasteiger partial charge in [-0.3, -0.25) is 0 Å². The van der Waals surface area contributed by atoms with Gasteiger partial charge in [0.05, 0.1) is 35.1 Å². The van der Waals surface area contributed by atoms with Gasteiger partial charge in [0.25, 0.3) is 0 Å². The number of halogens is 3. The smallest absolute Gasteiger partial charge is 0.462 e.